The van der Waals surface area contributed by atoms with Crippen molar-refractivity contribution in [2.45, 2.75) is 89.9 Å². The number of amides is 4. The van der Waals surface area contributed by atoms with Crippen LogP contribution in [0.2, 0.25) is 0 Å². The van der Waals surface area contributed by atoms with Gasteiger partial charge in [-0.25, -0.2) is 0 Å². The first-order valence-electron chi connectivity index (χ1n) is 13.1. The van der Waals surface area contributed by atoms with Gasteiger partial charge in [-0.3, -0.25) is 24.1 Å². The lowest BCUT2D eigenvalue weighted by Gasteiger charge is -2.30. The van der Waals surface area contributed by atoms with E-state index >= 15 is 0 Å². The van der Waals surface area contributed by atoms with Gasteiger partial charge < -0.3 is 20.1 Å². The number of carbonyl (C=O) groups is 4. The third kappa shape index (κ3) is 8.14. The van der Waals surface area contributed by atoms with Crippen molar-refractivity contribution in [2.24, 2.45) is 11.8 Å². The maximum Gasteiger partial charge on any atom is 0.253 e. The van der Waals surface area contributed by atoms with Crippen LogP contribution in [0.4, 0.5) is 0 Å². The molecular weight excluding hydrogens is 450 g/mol. The fraction of sp³-hybridized carbons (Fsp3) is 0.769. The monoisotopic (exact) mass is 491 g/mol. The first-order valence-corrected chi connectivity index (χ1v) is 13.1. The molecule has 9 heteroatoms. The normalized spacial score (nSPS) is 26.7. The van der Waals surface area contributed by atoms with E-state index in [1.165, 1.54) is 17.1 Å². The predicted molar refractivity (Wildman–Crippen MR) is 130 cm³/mol. The minimum atomic E-state index is -0.479. The van der Waals surface area contributed by atoms with Crippen molar-refractivity contribution < 1.29 is 29.0 Å². The number of unbranched alkanes of at least 4 members (excludes halogenated alkanes) is 2. The summed E-state index contributed by atoms with van der Waals surface area (Å²) in [4.78, 5) is 51.6. The zero-order valence-corrected chi connectivity index (χ0v) is 21.1. The van der Waals surface area contributed by atoms with E-state index in [9.17, 15) is 24.3 Å². The van der Waals surface area contributed by atoms with Crippen molar-refractivity contribution in [2.75, 3.05) is 26.2 Å². The third-order valence-corrected chi connectivity index (χ3v) is 7.26. The molecule has 9 nitrogen and oxygen atoms in total. The number of aliphatic hydroxyl groups is 1. The molecule has 2 N–H and O–H groups in total. The molecule has 35 heavy (non-hydrogen) atoms. The molecule has 0 bridgehead atoms. The molecule has 2 atom stereocenters. The quantitative estimate of drug-likeness (QED) is 0.318. The van der Waals surface area contributed by atoms with Gasteiger partial charge in [0.2, 0.25) is 11.8 Å². The summed E-state index contributed by atoms with van der Waals surface area (Å²) in [6.45, 7) is 5.80. The molecule has 0 spiro atoms. The van der Waals surface area contributed by atoms with Gasteiger partial charge in [-0.05, 0) is 64.7 Å². The van der Waals surface area contributed by atoms with Crippen molar-refractivity contribution in [3.05, 3.63) is 12.2 Å². The van der Waals surface area contributed by atoms with Crippen LogP contribution >= 0.6 is 0 Å². The number of aliphatic hydroxyl groups excluding tert-OH is 1. The van der Waals surface area contributed by atoms with E-state index in [-0.39, 0.29) is 47.6 Å². The molecule has 0 radical (unpaired) electrons. The van der Waals surface area contributed by atoms with E-state index < -0.39 is 6.10 Å². The zero-order chi connectivity index (χ0) is 25.4. The Balaban J connectivity index is 1.25. The summed E-state index contributed by atoms with van der Waals surface area (Å²) in [6.07, 6.45) is 8.92. The lowest BCUT2D eigenvalue weighted by Crippen LogP contribution is -2.39. The molecule has 196 valence electrons. The largest absolute Gasteiger partial charge is 0.391 e. The molecule has 4 amide bonds. The maximum atomic E-state index is 12.6. The molecule has 0 aromatic carbocycles. The number of carbonyl (C=O) groups excluding carboxylic acids is 4. The summed E-state index contributed by atoms with van der Waals surface area (Å²) >= 11 is 0. The van der Waals surface area contributed by atoms with E-state index in [4.69, 9.17) is 4.74 Å². The van der Waals surface area contributed by atoms with Gasteiger partial charge in [0.1, 0.15) is 0 Å². The summed E-state index contributed by atoms with van der Waals surface area (Å²) in [5.74, 6) is -0.0920. The minimum absolute atomic E-state index is 0.0116. The number of β-amino-alcohol motifs (C(OH)–C–C–N with tert-alkyl or cyclic N) is 1. The molecule has 1 aliphatic carbocycles. The zero-order valence-electron chi connectivity index (χ0n) is 21.1. The summed E-state index contributed by atoms with van der Waals surface area (Å²) in [5.41, 5.74) is 0. The average Bonchev–Trinajstić information content (AvgIpc) is 3.36. The van der Waals surface area contributed by atoms with E-state index in [2.05, 4.69) is 5.32 Å². The van der Waals surface area contributed by atoms with E-state index in [0.29, 0.717) is 39.1 Å². The van der Waals surface area contributed by atoms with E-state index in [1.807, 2.05) is 13.8 Å². The van der Waals surface area contributed by atoms with Crippen molar-refractivity contribution in [1.29, 1.82) is 0 Å². The number of ether oxygens (including phenoxy) is 1. The second kappa shape index (κ2) is 13.2. The predicted octanol–water partition coefficient (Wildman–Crippen LogP) is 1.78. The molecule has 3 aliphatic rings. The van der Waals surface area contributed by atoms with Crippen molar-refractivity contribution in [1.82, 2.24) is 15.1 Å². The first kappa shape index (κ1) is 27.3. The summed E-state index contributed by atoms with van der Waals surface area (Å²) in [6, 6.07) is -0.0535. The van der Waals surface area contributed by atoms with E-state index in [1.54, 1.807) is 4.90 Å². The Labute approximate surface area is 208 Å². The Bertz CT molecular complexity index is 772. The number of nitrogens with one attached hydrogen (secondary N) is 1. The van der Waals surface area contributed by atoms with Crippen LogP contribution in [0.3, 0.4) is 0 Å². The fourth-order valence-electron chi connectivity index (χ4n) is 5.21. The van der Waals surface area contributed by atoms with Crippen LogP contribution in [0.15, 0.2) is 12.2 Å². The highest BCUT2D eigenvalue weighted by Gasteiger charge is 2.34. The molecule has 2 aliphatic heterocycles. The Morgan fingerprint density at radius 3 is 2.43 bits per heavy atom. The standard InChI is InChI=1S/C26H41N3O6/c1-18(2)35-17-21-14-22(30)16-28(21)23(31)6-4-3-5-13-27-26(34)20-9-7-19(8-10-20)15-29-24(32)11-12-25(29)33/h11-12,18-22,30H,3-10,13-17H2,1-2H3,(H,27,34)/t19?,20?,21-,22+/m0/s1. The van der Waals surface area contributed by atoms with Gasteiger partial charge in [0.15, 0.2) is 0 Å². The van der Waals surface area contributed by atoms with Crippen LogP contribution in [-0.2, 0) is 23.9 Å². The SMILES string of the molecule is CC(C)OC[C@@H]1C[C@@H](O)CN1C(=O)CCCCCNC(=O)C1CCC(CN2C(=O)C=CC2=O)CC1. The molecule has 0 aromatic rings. The highest BCUT2D eigenvalue weighted by molar-refractivity contribution is 6.12. The fourth-order valence-corrected chi connectivity index (χ4v) is 5.21. The molecule has 2 fully saturated rings. The number of nitrogens with zero attached hydrogens (tertiary/aromatic N) is 2. The molecule has 0 unspecified atom stereocenters. The average molecular weight is 492 g/mol. The Morgan fingerprint density at radius 1 is 1.09 bits per heavy atom. The van der Waals surface area contributed by atoms with Crippen LogP contribution in [0.5, 0.6) is 0 Å². The van der Waals surface area contributed by atoms with Crippen molar-refractivity contribution in [3.63, 3.8) is 0 Å². The number of hydrogen-bond donors (Lipinski definition) is 2. The van der Waals surface area contributed by atoms with Gasteiger partial charge in [0.25, 0.3) is 11.8 Å². The van der Waals surface area contributed by atoms with E-state index in [0.717, 1.165) is 44.9 Å². The second-order valence-electron chi connectivity index (χ2n) is 10.4. The van der Waals surface area contributed by atoms with Gasteiger partial charge in [-0.15, -0.1) is 0 Å². The number of imide groups is 1. The number of likely N-dealkylation sites (tertiary alicyclic amines) is 1. The summed E-state index contributed by atoms with van der Waals surface area (Å²) in [7, 11) is 0. The highest BCUT2D eigenvalue weighted by Crippen LogP contribution is 2.30. The Morgan fingerprint density at radius 2 is 1.77 bits per heavy atom. The third-order valence-electron chi connectivity index (χ3n) is 7.26. The lowest BCUT2D eigenvalue weighted by molar-refractivity contribution is -0.138. The van der Waals surface area contributed by atoms with Crippen LogP contribution in [0.1, 0.15) is 71.6 Å². The topological polar surface area (TPSA) is 116 Å². The summed E-state index contributed by atoms with van der Waals surface area (Å²) < 4.78 is 5.65. The lowest BCUT2D eigenvalue weighted by atomic mass is 9.81. The smallest absolute Gasteiger partial charge is 0.253 e. The Kier molecular flexibility index (Phi) is 10.3. The van der Waals surface area contributed by atoms with Crippen LogP contribution in [0, 0.1) is 11.8 Å². The molecular formula is C26H41N3O6. The van der Waals surface area contributed by atoms with Gasteiger partial charge in [0, 0.05) is 44.1 Å². The highest BCUT2D eigenvalue weighted by atomic mass is 16.5. The minimum Gasteiger partial charge on any atom is -0.391 e. The summed E-state index contributed by atoms with van der Waals surface area (Å²) in [5, 5.41) is 13.0. The number of rotatable bonds is 12. The molecule has 1 saturated heterocycles. The molecule has 3 rings (SSSR count). The number of hydrogen-bond acceptors (Lipinski definition) is 6. The van der Waals surface area contributed by atoms with Crippen molar-refractivity contribution in [3.8, 4) is 0 Å². The maximum absolute atomic E-state index is 12.6. The van der Waals surface area contributed by atoms with Gasteiger partial charge in [-0.2, -0.15) is 0 Å². The van der Waals surface area contributed by atoms with Crippen LogP contribution < -0.4 is 5.32 Å². The first-order chi connectivity index (χ1) is 16.7. The van der Waals surface area contributed by atoms with Gasteiger partial charge >= 0.3 is 0 Å². The second-order valence-corrected chi connectivity index (χ2v) is 10.4. The molecule has 1 saturated carbocycles. The van der Waals surface area contributed by atoms with Crippen LogP contribution in [-0.4, -0.2) is 83.0 Å². The Hall–Kier alpha value is -2.26. The van der Waals surface area contributed by atoms with Crippen molar-refractivity contribution >= 4 is 23.6 Å². The molecule has 0 aromatic heterocycles. The van der Waals surface area contributed by atoms with Gasteiger partial charge in [0.05, 0.1) is 24.9 Å². The van der Waals surface area contributed by atoms with Crippen LogP contribution in [0.25, 0.3) is 0 Å². The van der Waals surface area contributed by atoms with Gasteiger partial charge in [-0.1, -0.05) is 6.42 Å². The molecule has 2 heterocycles.